The lowest BCUT2D eigenvalue weighted by Gasteiger charge is -2.09. The summed E-state index contributed by atoms with van der Waals surface area (Å²) in [5, 5.41) is 3.30. The van der Waals surface area contributed by atoms with Gasteiger partial charge in [0.1, 0.15) is 11.3 Å². The predicted octanol–water partition coefficient (Wildman–Crippen LogP) is 5.78. The minimum atomic E-state index is -0.270. The van der Waals surface area contributed by atoms with Gasteiger partial charge in [0.2, 0.25) is 5.89 Å². The summed E-state index contributed by atoms with van der Waals surface area (Å²) in [4.78, 5) is 16.8. The fraction of sp³-hybridized carbons (Fsp3) is 0.130. The molecule has 4 rings (SSSR count). The van der Waals surface area contributed by atoms with Gasteiger partial charge in [-0.1, -0.05) is 29.8 Å². The summed E-state index contributed by atoms with van der Waals surface area (Å²) in [5.74, 6) is 0.786. The highest BCUT2D eigenvalue weighted by Gasteiger charge is 2.14. The maximum atomic E-state index is 12.3. The first-order valence-corrected chi connectivity index (χ1v) is 9.52. The van der Waals surface area contributed by atoms with E-state index in [0.717, 1.165) is 16.6 Å². The molecule has 3 aromatic carbocycles. The van der Waals surface area contributed by atoms with E-state index >= 15 is 0 Å². The van der Waals surface area contributed by atoms with Gasteiger partial charge in [-0.15, -0.1) is 0 Å². The lowest BCUT2D eigenvalue weighted by Crippen LogP contribution is -2.20. The quantitative estimate of drug-likeness (QED) is 0.456. The van der Waals surface area contributed by atoms with E-state index in [2.05, 4.69) is 10.3 Å². The van der Waals surface area contributed by atoms with Crippen LogP contribution in [0.25, 0.3) is 22.6 Å². The number of nitrogens with zero attached hydrogens (tertiary/aromatic N) is 1. The first kappa shape index (κ1) is 19.0. The van der Waals surface area contributed by atoms with Crippen LogP contribution in [-0.4, -0.2) is 17.5 Å². The topological polar surface area (TPSA) is 64.4 Å². The maximum Gasteiger partial charge on any atom is 0.262 e. The number of carbonyl (C=O) groups is 1. The summed E-state index contributed by atoms with van der Waals surface area (Å²) >= 11 is 6.34. The monoisotopic (exact) mass is 406 g/mol. The number of oxazole rings is 1. The van der Waals surface area contributed by atoms with E-state index in [1.165, 1.54) is 0 Å². The van der Waals surface area contributed by atoms with E-state index in [1.807, 2.05) is 56.3 Å². The summed E-state index contributed by atoms with van der Waals surface area (Å²) in [6.45, 7) is 3.86. The van der Waals surface area contributed by atoms with Crippen molar-refractivity contribution < 1.29 is 13.9 Å². The molecule has 0 bridgehead atoms. The third-order valence-corrected chi connectivity index (χ3v) is 4.71. The van der Waals surface area contributed by atoms with Gasteiger partial charge in [0.05, 0.1) is 10.6 Å². The number of hydrogen-bond donors (Lipinski definition) is 1. The van der Waals surface area contributed by atoms with E-state index in [4.69, 9.17) is 20.8 Å². The molecule has 29 heavy (non-hydrogen) atoms. The van der Waals surface area contributed by atoms with Crippen molar-refractivity contribution >= 4 is 34.3 Å². The molecular weight excluding hydrogens is 388 g/mol. The predicted molar refractivity (Wildman–Crippen MR) is 114 cm³/mol. The number of aryl methyl sites for hydroxylation is 2. The molecule has 0 fully saturated rings. The van der Waals surface area contributed by atoms with Crippen LogP contribution < -0.4 is 10.1 Å². The molecule has 0 radical (unpaired) electrons. The molecule has 6 heteroatoms. The third-order valence-electron chi connectivity index (χ3n) is 4.38. The zero-order valence-corrected chi connectivity index (χ0v) is 16.8. The molecule has 0 atom stereocenters. The van der Waals surface area contributed by atoms with Crippen molar-refractivity contribution in [3.05, 3.63) is 76.8 Å². The molecule has 0 saturated carbocycles. The lowest BCUT2D eigenvalue weighted by molar-refractivity contribution is -0.118. The number of carbonyl (C=O) groups excluding carboxylic acids is 1. The van der Waals surface area contributed by atoms with Crippen LogP contribution >= 0.6 is 11.6 Å². The first-order chi connectivity index (χ1) is 14.0. The van der Waals surface area contributed by atoms with Gasteiger partial charge >= 0.3 is 0 Å². The maximum absolute atomic E-state index is 12.3. The largest absolute Gasteiger partial charge is 0.484 e. The number of halogens is 1. The molecule has 5 nitrogen and oxygen atoms in total. The molecule has 0 aliphatic heterocycles. The van der Waals surface area contributed by atoms with Crippen LogP contribution in [0.2, 0.25) is 5.02 Å². The average Bonchev–Trinajstić information content (AvgIpc) is 3.11. The van der Waals surface area contributed by atoms with Crippen LogP contribution in [0.1, 0.15) is 11.1 Å². The van der Waals surface area contributed by atoms with E-state index in [0.29, 0.717) is 33.5 Å². The van der Waals surface area contributed by atoms with Crippen LogP contribution in [0.5, 0.6) is 5.75 Å². The minimum absolute atomic E-state index is 0.0937. The Morgan fingerprint density at radius 3 is 2.72 bits per heavy atom. The molecule has 1 heterocycles. The summed E-state index contributed by atoms with van der Waals surface area (Å²) in [6, 6.07) is 18.5. The highest BCUT2D eigenvalue weighted by Crippen LogP contribution is 2.32. The lowest BCUT2D eigenvalue weighted by atomic mass is 10.2. The molecule has 1 amide bonds. The number of ether oxygens (including phenoxy) is 1. The molecule has 4 aromatic rings. The molecule has 1 aromatic heterocycles. The Morgan fingerprint density at radius 2 is 1.90 bits per heavy atom. The van der Waals surface area contributed by atoms with Crippen molar-refractivity contribution in [2.45, 2.75) is 13.8 Å². The van der Waals surface area contributed by atoms with Crippen LogP contribution in [-0.2, 0) is 4.79 Å². The SMILES string of the molecule is Cc1cccc(OCC(=O)Nc2ccc(Cl)c(-c3nc4ccc(C)cc4o3)c2)c1. The van der Waals surface area contributed by atoms with Crippen LogP contribution in [0.3, 0.4) is 0 Å². The average molecular weight is 407 g/mol. The highest BCUT2D eigenvalue weighted by atomic mass is 35.5. The van der Waals surface area contributed by atoms with E-state index in [9.17, 15) is 4.79 Å². The van der Waals surface area contributed by atoms with Crippen molar-refractivity contribution in [1.82, 2.24) is 4.98 Å². The van der Waals surface area contributed by atoms with Crippen molar-refractivity contribution in [3.8, 4) is 17.2 Å². The number of rotatable bonds is 5. The van der Waals surface area contributed by atoms with E-state index in [-0.39, 0.29) is 12.5 Å². The number of anilines is 1. The Kier molecular flexibility index (Phi) is 5.23. The zero-order valence-electron chi connectivity index (χ0n) is 16.0. The molecule has 0 aliphatic carbocycles. The number of amides is 1. The van der Waals surface area contributed by atoms with Gasteiger partial charge in [0.15, 0.2) is 12.2 Å². The second kappa shape index (κ2) is 7.97. The summed E-state index contributed by atoms with van der Waals surface area (Å²) in [6.07, 6.45) is 0. The van der Waals surface area contributed by atoms with Gasteiger partial charge in [-0.3, -0.25) is 4.79 Å². The Morgan fingerprint density at radius 1 is 1.07 bits per heavy atom. The molecule has 0 saturated heterocycles. The fourth-order valence-electron chi connectivity index (χ4n) is 2.97. The Balaban J connectivity index is 1.50. The van der Waals surface area contributed by atoms with Gasteiger partial charge in [-0.25, -0.2) is 4.98 Å². The smallest absolute Gasteiger partial charge is 0.262 e. The van der Waals surface area contributed by atoms with Gasteiger partial charge in [0, 0.05) is 5.69 Å². The van der Waals surface area contributed by atoms with E-state index < -0.39 is 0 Å². The summed E-state index contributed by atoms with van der Waals surface area (Å²) in [7, 11) is 0. The summed E-state index contributed by atoms with van der Waals surface area (Å²) < 4.78 is 11.4. The number of hydrogen-bond acceptors (Lipinski definition) is 4. The fourth-order valence-corrected chi connectivity index (χ4v) is 3.16. The highest BCUT2D eigenvalue weighted by molar-refractivity contribution is 6.33. The van der Waals surface area contributed by atoms with Crippen molar-refractivity contribution in [1.29, 1.82) is 0 Å². The molecule has 146 valence electrons. The van der Waals surface area contributed by atoms with E-state index in [1.54, 1.807) is 18.2 Å². The first-order valence-electron chi connectivity index (χ1n) is 9.14. The van der Waals surface area contributed by atoms with Crippen molar-refractivity contribution in [3.63, 3.8) is 0 Å². The zero-order chi connectivity index (χ0) is 20.4. The van der Waals surface area contributed by atoms with Crippen molar-refractivity contribution in [2.75, 3.05) is 11.9 Å². The molecule has 0 aliphatic rings. The van der Waals surface area contributed by atoms with Gasteiger partial charge in [-0.05, 0) is 67.4 Å². The number of benzene rings is 3. The molecular formula is C23H19ClN2O3. The van der Waals surface area contributed by atoms with Crippen LogP contribution in [0, 0.1) is 13.8 Å². The minimum Gasteiger partial charge on any atom is -0.484 e. The number of aromatic nitrogens is 1. The molecule has 0 spiro atoms. The van der Waals surface area contributed by atoms with Gasteiger partial charge in [0.25, 0.3) is 5.91 Å². The Hall–Kier alpha value is -3.31. The third kappa shape index (κ3) is 4.41. The van der Waals surface area contributed by atoms with Crippen LogP contribution in [0.15, 0.2) is 65.1 Å². The Labute approximate surface area is 173 Å². The van der Waals surface area contributed by atoms with Crippen molar-refractivity contribution in [2.24, 2.45) is 0 Å². The number of fused-ring (bicyclic) bond motifs is 1. The normalized spacial score (nSPS) is 10.9. The second-order valence-corrected chi connectivity index (χ2v) is 7.25. The Bertz CT molecular complexity index is 1200. The van der Waals surface area contributed by atoms with Crippen LogP contribution in [0.4, 0.5) is 5.69 Å². The standard InChI is InChI=1S/C23H19ClN2O3/c1-14-4-3-5-17(10-14)28-13-22(27)25-16-7-8-19(24)18(12-16)23-26-20-9-6-15(2)11-21(20)29-23/h3-12H,13H2,1-2H3,(H,25,27). The number of nitrogens with one attached hydrogen (secondary N) is 1. The summed E-state index contributed by atoms with van der Waals surface area (Å²) in [5.41, 5.74) is 4.79. The molecule has 1 N–H and O–H groups in total. The second-order valence-electron chi connectivity index (χ2n) is 6.84. The molecule has 0 unspecified atom stereocenters. The van der Waals surface area contributed by atoms with Gasteiger partial charge < -0.3 is 14.5 Å². The van der Waals surface area contributed by atoms with Gasteiger partial charge in [-0.2, -0.15) is 0 Å².